The van der Waals surface area contributed by atoms with Gasteiger partial charge in [0.1, 0.15) is 5.75 Å². The summed E-state index contributed by atoms with van der Waals surface area (Å²) in [6.45, 7) is 4.39. The maximum atomic E-state index is 11.5. The van der Waals surface area contributed by atoms with Gasteiger partial charge >= 0.3 is 0 Å². The number of benzene rings is 1. The standard InChI is InChI=1S/C22H35N3O2/c1-23-21(26)17-27-20-11-5-4-10-19(20)16-24-18-22(12-6-2-7-13-22)25-14-8-3-9-15-25/h4-5,10-11,24H,2-3,6-9,12-18H2,1H3,(H,23,26). The van der Waals surface area contributed by atoms with Gasteiger partial charge in [0.05, 0.1) is 0 Å². The molecule has 0 atom stereocenters. The van der Waals surface area contributed by atoms with E-state index in [-0.39, 0.29) is 12.5 Å². The molecule has 2 fully saturated rings. The third kappa shape index (κ3) is 5.45. The highest BCUT2D eigenvalue weighted by Gasteiger charge is 2.37. The molecule has 0 aromatic heterocycles. The van der Waals surface area contributed by atoms with Crippen LogP contribution in [0, 0.1) is 0 Å². The van der Waals surface area contributed by atoms with Gasteiger partial charge in [0.2, 0.25) is 0 Å². The van der Waals surface area contributed by atoms with Crippen LogP contribution in [0.2, 0.25) is 0 Å². The Morgan fingerprint density at radius 3 is 2.52 bits per heavy atom. The summed E-state index contributed by atoms with van der Waals surface area (Å²) in [6, 6.07) is 8.02. The third-order valence-corrected chi connectivity index (χ3v) is 6.19. The lowest BCUT2D eigenvalue weighted by Crippen LogP contribution is -2.57. The minimum absolute atomic E-state index is 0.0607. The molecule has 1 aromatic carbocycles. The van der Waals surface area contributed by atoms with Crippen LogP contribution in [0.3, 0.4) is 0 Å². The maximum Gasteiger partial charge on any atom is 0.257 e. The molecule has 1 aliphatic heterocycles. The normalized spacial score (nSPS) is 20.2. The lowest BCUT2D eigenvalue weighted by atomic mass is 9.79. The number of nitrogens with zero attached hydrogens (tertiary/aromatic N) is 1. The lowest BCUT2D eigenvalue weighted by Gasteiger charge is -2.48. The van der Waals surface area contributed by atoms with Crippen molar-refractivity contribution in [2.24, 2.45) is 0 Å². The third-order valence-electron chi connectivity index (χ3n) is 6.19. The van der Waals surface area contributed by atoms with Crippen molar-refractivity contribution in [2.45, 2.75) is 63.5 Å². The molecule has 1 amide bonds. The molecule has 3 rings (SSSR count). The molecule has 1 saturated carbocycles. The van der Waals surface area contributed by atoms with E-state index >= 15 is 0 Å². The fraction of sp³-hybridized carbons (Fsp3) is 0.682. The second kappa shape index (κ2) is 10.1. The van der Waals surface area contributed by atoms with Crippen LogP contribution in [0.15, 0.2) is 24.3 Å². The number of hydrogen-bond acceptors (Lipinski definition) is 4. The summed E-state index contributed by atoms with van der Waals surface area (Å²) in [7, 11) is 1.63. The number of carbonyl (C=O) groups excluding carboxylic acids is 1. The van der Waals surface area contributed by atoms with Gasteiger partial charge in [0.15, 0.2) is 6.61 Å². The van der Waals surface area contributed by atoms with Gasteiger partial charge in [0.25, 0.3) is 5.91 Å². The van der Waals surface area contributed by atoms with Gasteiger partial charge in [-0.25, -0.2) is 0 Å². The van der Waals surface area contributed by atoms with Crippen LogP contribution in [-0.4, -0.2) is 49.6 Å². The zero-order valence-electron chi connectivity index (χ0n) is 16.8. The largest absolute Gasteiger partial charge is 0.483 e. The van der Waals surface area contributed by atoms with Crippen molar-refractivity contribution in [3.63, 3.8) is 0 Å². The molecule has 27 heavy (non-hydrogen) atoms. The van der Waals surface area contributed by atoms with Crippen molar-refractivity contribution in [1.82, 2.24) is 15.5 Å². The van der Waals surface area contributed by atoms with Crippen LogP contribution in [-0.2, 0) is 11.3 Å². The van der Waals surface area contributed by atoms with Crippen LogP contribution < -0.4 is 15.4 Å². The number of rotatable bonds is 8. The second-order valence-corrected chi connectivity index (χ2v) is 8.01. The monoisotopic (exact) mass is 373 g/mol. The molecule has 5 heteroatoms. The minimum Gasteiger partial charge on any atom is -0.483 e. The quantitative estimate of drug-likeness (QED) is 0.735. The smallest absolute Gasteiger partial charge is 0.257 e. The molecule has 2 aliphatic rings. The Kier molecular flexibility index (Phi) is 7.53. The van der Waals surface area contributed by atoms with Gasteiger partial charge < -0.3 is 15.4 Å². The first-order chi connectivity index (χ1) is 13.2. The highest BCUT2D eigenvalue weighted by atomic mass is 16.5. The fourth-order valence-corrected chi connectivity index (χ4v) is 4.62. The molecule has 0 spiro atoms. The summed E-state index contributed by atoms with van der Waals surface area (Å²) in [5, 5.41) is 6.33. The van der Waals surface area contributed by atoms with Crippen LogP contribution in [0.5, 0.6) is 5.75 Å². The number of hydrogen-bond donors (Lipinski definition) is 2. The molecule has 0 unspecified atom stereocenters. The molecular weight excluding hydrogens is 338 g/mol. The van der Waals surface area contributed by atoms with Crippen molar-refractivity contribution in [3.05, 3.63) is 29.8 Å². The van der Waals surface area contributed by atoms with Gasteiger partial charge in [-0.05, 0) is 44.8 Å². The maximum absolute atomic E-state index is 11.5. The lowest BCUT2D eigenvalue weighted by molar-refractivity contribution is -0.122. The second-order valence-electron chi connectivity index (χ2n) is 8.01. The molecule has 2 N–H and O–H groups in total. The van der Waals surface area contributed by atoms with Gasteiger partial charge in [-0.2, -0.15) is 0 Å². The number of likely N-dealkylation sites (N-methyl/N-ethyl adjacent to an activating group) is 1. The van der Waals surface area contributed by atoms with E-state index in [1.807, 2.05) is 18.2 Å². The predicted octanol–water partition coefficient (Wildman–Crippen LogP) is 3.09. The topological polar surface area (TPSA) is 53.6 Å². The zero-order valence-corrected chi connectivity index (χ0v) is 16.8. The number of para-hydroxylation sites is 1. The van der Waals surface area contributed by atoms with Gasteiger partial charge in [-0.15, -0.1) is 0 Å². The predicted molar refractivity (Wildman–Crippen MR) is 109 cm³/mol. The van der Waals surface area contributed by atoms with Crippen LogP contribution in [0.1, 0.15) is 56.9 Å². The molecule has 1 saturated heterocycles. The Hall–Kier alpha value is -1.59. The summed E-state index contributed by atoms with van der Waals surface area (Å²) in [4.78, 5) is 14.3. The first kappa shape index (κ1) is 20.2. The minimum atomic E-state index is -0.107. The van der Waals surface area contributed by atoms with Gasteiger partial charge in [-0.3, -0.25) is 9.69 Å². The van der Waals surface area contributed by atoms with Crippen LogP contribution in [0.4, 0.5) is 0 Å². The number of piperidine rings is 1. The van der Waals surface area contributed by atoms with E-state index in [1.165, 1.54) is 64.5 Å². The highest BCUT2D eigenvalue weighted by Crippen LogP contribution is 2.35. The Balaban J connectivity index is 1.59. The summed E-state index contributed by atoms with van der Waals surface area (Å²) in [6.07, 6.45) is 10.8. The van der Waals surface area contributed by atoms with Crippen molar-refractivity contribution in [1.29, 1.82) is 0 Å². The number of amides is 1. The first-order valence-corrected chi connectivity index (χ1v) is 10.6. The molecule has 1 aliphatic carbocycles. The van der Waals surface area contributed by atoms with E-state index < -0.39 is 0 Å². The molecule has 150 valence electrons. The average molecular weight is 374 g/mol. The SMILES string of the molecule is CNC(=O)COc1ccccc1CNCC1(N2CCCCC2)CCCCC1. The number of carbonyl (C=O) groups is 1. The molecular formula is C22H35N3O2. The molecule has 0 bridgehead atoms. The number of likely N-dealkylation sites (tertiary alicyclic amines) is 1. The Morgan fingerprint density at radius 1 is 1.07 bits per heavy atom. The first-order valence-electron chi connectivity index (χ1n) is 10.6. The van der Waals surface area contributed by atoms with E-state index in [0.717, 1.165) is 24.4 Å². The van der Waals surface area contributed by atoms with Crippen molar-refractivity contribution in [3.8, 4) is 5.75 Å². The van der Waals surface area contributed by atoms with Crippen molar-refractivity contribution >= 4 is 5.91 Å². The van der Waals surface area contributed by atoms with Gasteiger partial charge in [-0.1, -0.05) is 43.9 Å². The fourth-order valence-electron chi connectivity index (χ4n) is 4.62. The summed E-state index contributed by atoms with van der Waals surface area (Å²) < 4.78 is 5.71. The van der Waals surface area contributed by atoms with E-state index in [9.17, 15) is 4.79 Å². The van der Waals surface area contributed by atoms with Crippen molar-refractivity contribution in [2.75, 3.05) is 33.3 Å². The van der Waals surface area contributed by atoms with Gasteiger partial charge in [0, 0.05) is 31.2 Å². The Bertz CT molecular complexity index is 593. The van der Waals surface area contributed by atoms with Crippen LogP contribution in [0.25, 0.3) is 0 Å². The average Bonchev–Trinajstić information content (AvgIpc) is 2.74. The van der Waals surface area contributed by atoms with Crippen LogP contribution >= 0.6 is 0 Å². The summed E-state index contributed by atoms with van der Waals surface area (Å²) in [5.41, 5.74) is 1.45. The molecule has 1 aromatic rings. The molecule has 5 nitrogen and oxygen atoms in total. The van der Waals surface area contributed by atoms with Crippen molar-refractivity contribution < 1.29 is 9.53 Å². The number of nitrogens with one attached hydrogen (secondary N) is 2. The molecule has 1 heterocycles. The van der Waals surface area contributed by atoms with E-state index in [1.54, 1.807) is 7.05 Å². The van der Waals surface area contributed by atoms with E-state index in [2.05, 4.69) is 21.6 Å². The van der Waals surface area contributed by atoms with E-state index in [0.29, 0.717) is 5.54 Å². The Labute approximate surface area is 163 Å². The Morgan fingerprint density at radius 2 is 1.78 bits per heavy atom. The number of ether oxygens (including phenoxy) is 1. The molecule has 0 radical (unpaired) electrons. The van der Waals surface area contributed by atoms with E-state index in [4.69, 9.17) is 4.74 Å². The summed E-state index contributed by atoms with van der Waals surface area (Å²) in [5.74, 6) is 0.688. The zero-order chi connectivity index (χ0) is 19.0. The highest BCUT2D eigenvalue weighted by molar-refractivity contribution is 5.77. The summed E-state index contributed by atoms with van der Waals surface area (Å²) >= 11 is 0.